The van der Waals surface area contributed by atoms with E-state index in [2.05, 4.69) is 36.9 Å². The fourth-order valence-corrected chi connectivity index (χ4v) is 3.67. The number of fused-ring (bicyclic) bond motifs is 1. The van der Waals surface area contributed by atoms with Crippen LogP contribution in [0.25, 0.3) is 6.08 Å². The zero-order valence-corrected chi connectivity index (χ0v) is 13.4. The Balaban J connectivity index is 2.13. The predicted octanol–water partition coefficient (Wildman–Crippen LogP) is 2.79. The maximum absolute atomic E-state index is 12.2. The highest BCUT2D eigenvalue weighted by molar-refractivity contribution is 8.26. The fourth-order valence-electron chi connectivity index (χ4n) is 2.51. The number of amides is 1. The number of aryl methyl sites for hydroxylation is 1. The number of rotatable bonds is 1. The minimum Gasteiger partial charge on any atom is -0.340 e. The van der Waals surface area contributed by atoms with Gasteiger partial charge in [0.25, 0.3) is 5.91 Å². The van der Waals surface area contributed by atoms with Crippen molar-refractivity contribution in [3.8, 4) is 0 Å². The van der Waals surface area contributed by atoms with Gasteiger partial charge in [-0.3, -0.25) is 4.79 Å². The van der Waals surface area contributed by atoms with Gasteiger partial charge in [0.2, 0.25) is 0 Å². The van der Waals surface area contributed by atoms with E-state index in [-0.39, 0.29) is 5.91 Å². The molecule has 108 valence electrons. The van der Waals surface area contributed by atoms with Gasteiger partial charge in [-0.1, -0.05) is 41.7 Å². The number of carbonyl (C=O) groups excluding carboxylic acids is 1. The van der Waals surface area contributed by atoms with Crippen LogP contribution in [0.4, 0.5) is 5.69 Å². The van der Waals surface area contributed by atoms with Crippen LogP contribution in [0.2, 0.25) is 0 Å². The monoisotopic (exact) mass is 317 g/mol. The molecule has 2 aliphatic rings. The van der Waals surface area contributed by atoms with Gasteiger partial charge in [0.1, 0.15) is 4.91 Å². The summed E-state index contributed by atoms with van der Waals surface area (Å²) >= 11 is 6.36. The predicted molar refractivity (Wildman–Crippen MR) is 91.5 cm³/mol. The number of anilines is 1. The van der Waals surface area contributed by atoms with Crippen molar-refractivity contribution in [1.29, 1.82) is 0 Å². The van der Waals surface area contributed by atoms with Crippen LogP contribution in [0.5, 0.6) is 0 Å². The minimum atomic E-state index is -0.237. The Bertz CT molecular complexity index is 709. The Morgan fingerprint density at radius 2 is 2.10 bits per heavy atom. The van der Waals surface area contributed by atoms with Gasteiger partial charge in [-0.15, -0.1) is 0 Å². The van der Waals surface area contributed by atoms with Crippen molar-refractivity contribution in [2.24, 2.45) is 5.84 Å². The third-order valence-electron chi connectivity index (χ3n) is 3.53. The van der Waals surface area contributed by atoms with Crippen molar-refractivity contribution in [1.82, 2.24) is 5.01 Å². The van der Waals surface area contributed by atoms with Crippen molar-refractivity contribution < 1.29 is 4.79 Å². The first-order valence-electron chi connectivity index (χ1n) is 6.64. The topological polar surface area (TPSA) is 49.6 Å². The lowest BCUT2D eigenvalue weighted by Gasteiger charge is -2.30. The lowest BCUT2D eigenvalue weighted by Crippen LogP contribution is -2.35. The highest BCUT2D eigenvalue weighted by Crippen LogP contribution is 2.38. The van der Waals surface area contributed by atoms with Gasteiger partial charge in [0.05, 0.1) is 5.70 Å². The van der Waals surface area contributed by atoms with Crippen LogP contribution in [0, 0.1) is 6.92 Å². The van der Waals surface area contributed by atoms with E-state index in [0.717, 1.165) is 28.5 Å². The standard InChI is InChI=1S/C15H15N3OS2/c1-3-17-11-6-4-9(2)8-10(11)5-7-12(17)13-14(19)18(16)15(20)21-13/h4-8H,3,16H2,1-2H3/b13-12-. The van der Waals surface area contributed by atoms with E-state index in [9.17, 15) is 4.79 Å². The number of nitrogens with zero attached hydrogens (tertiary/aromatic N) is 2. The molecule has 0 unspecified atom stereocenters. The number of hydrogen-bond acceptors (Lipinski definition) is 5. The molecule has 2 heterocycles. The fraction of sp³-hybridized carbons (Fsp3) is 0.200. The largest absolute Gasteiger partial charge is 0.340 e. The summed E-state index contributed by atoms with van der Waals surface area (Å²) in [4.78, 5) is 14.9. The Labute approximate surface area is 133 Å². The first kappa shape index (κ1) is 14.3. The molecule has 4 nitrogen and oxygen atoms in total. The Morgan fingerprint density at radius 1 is 1.33 bits per heavy atom. The van der Waals surface area contributed by atoms with E-state index in [4.69, 9.17) is 18.1 Å². The van der Waals surface area contributed by atoms with Crippen LogP contribution in [-0.2, 0) is 4.79 Å². The smallest absolute Gasteiger partial charge is 0.282 e. The first-order chi connectivity index (χ1) is 10.0. The first-order valence-corrected chi connectivity index (χ1v) is 7.87. The van der Waals surface area contributed by atoms with Gasteiger partial charge in [-0.2, -0.15) is 0 Å². The zero-order valence-electron chi connectivity index (χ0n) is 11.8. The molecule has 2 N–H and O–H groups in total. The molecule has 6 heteroatoms. The molecular formula is C15H15N3OS2. The summed E-state index contributed by atoms with van der Waals surface area (Å²) in [6.07, 6.45) is 4.00. The second-order valence-corrected chi connectivity index (χ2v) is 6.54. The van der Waals surface area contributed by atoms with Gasteiger partial charge < -0.3 is 4.90 Å². The summed E-state index contributed by atoms with van der Waals surface area (Å²) in [5.74, 6) is 5.43. The van der Waals surface area contributed by atoms with Crippen molar-refractivity contribution in [2.45, 2.75) is 13.8 Å². The molecule has 0 aliphatic carbocycles. The summed E-state index contributed by atoms with van der Waals surface area (Å²) in [6.45, 7) is 4.90. The molecule has 1 saturated heterocycles. The average molecular weight is 317 g/mol. The van der Waals surface area contributed by atoms with Crippen LogP contribution >= 0.6 is 24.0 Å². The van der Waals surface area contributed by atoms with Gasteiger partial charge in [0, 0.05) is 12.2 Å². The highest BCUT2D eigenvalue weighted by atomic mass is 32.2. The van der Waals surface area contributed by atoms with E-state index < -0.39 is 0 Å². The van der Waals surface area contributed by atoms with E-state index in [1.165, 1.54) is 17.3 Å². The van der Waals surface area contributed by atoms with E-state index in [1.54, 1.807) is 0 Å². The molecule has 0 bridgehead atoms. The molecule has 2 aliphatic heterocycles. The molecule has 0 radical (unpaired) electrons. The van der Waals surface area contributed by atoms with Crippen LogP contribution < -0.4 is 10.7 Å². The second-order valence-electron chi connectivity index (χ2n) is 4.90. The quantitative estimate of drug-likeness (QED) is 0.373. The molecule has 0 spiro atoms. The van der Waals surface area contributed by atoms with Gasteiger partial charge in [0.15, 0.2) is 4.32 Å². The minimum absolute atomic E-state index is 0.237. The summed E-state index contributed by atoms with van der Waals surface area (Å²) in [5.41, 5.74) is 4.33. The average Bonchev–Trinajstić information content (AvgIpc) is 2.73. The van der Waals surface area contributed by atoms with Gasteiger partial charge in [-0.25, -0.2) is 10.9 Å². The third kappa shape index (κ3) is 2.29. The molecule has 1 amide bonds. The highest BCUT2D eigenvalue weighted by Gasteiger charge is 2.34. The molecule has 0 aromatic heterocycles. The lowest BCUT2D eigenvalue weighted by atomic mass is 10.0. The van der Waals surface area contributed by atoms with Crippen LogP contribution in [0.1, 0.15) is 18.1 Å². The normalized spacial score (nSPS) is 21.3. The van der Waals surface area contributed by atoms with Crippen LogP contribution in [0.15, 0.2) is 34.9 Å². The van der Waals surface area contributed by atoms with Crippen molar-refractivity contribution in [2.75, 3.05) is 11.4 Å². The number of hydrazine groups is 1. The number of allylic oxidation sites excluding steroid dienone is 1. The van der Waals surface area contributed by atoms with Crippen molar-refractivity contribution >= 4 is 46.0 Å². The van der Waals surface area contributed by atoms with Crippen molar-refractivity contribution in [3.05, 3.63) is 46.0 Å². The zero-order chi connectivity index (χ0) is 15.1. The Hall–Kier alpha value is -1.63. The number of thiocarbonyl (C=S) groups is 1. The molecule has 21 heavy (non-hydrogen) atoms. The summed E-state index contributed by atoms with van der Waals surface area (Å²) in [5, 5.41) is 1.04. The maximum Gasteiger partial charge on any atom is 0.282 e. The molecule has 1 aromatic carbocycles. The lowest BCUT2D eigenvalue weighted by molar-refractivity contribution is -0.122. The Morgan fingerprint density at radius 3 is 2.71 bits per heavy atom. The molecule has 0 atom stereocenters. The number of nitrogens with two attached hydrogens (primary N) is 1. The number of thioether (sulfide) groups is 1. The van der Waals surface area contributed by atoms with Crippen LogP contribution in [0.3, 0.4) is 0 Å². The number of benzene rings is 1. The summed E-state index contributed by atoms with van der Waals surface area (Å²) in [6, 6.07) is 6.30. The second kappa shape index (κ2) is 5.29. The third-order valence-corrected chi connectivity index (χ3v) is 4.94. The number of carbonyl (C=O) groups is 1. The van der Waals surface area contributed by atoms with Crippen molar-refractivity contribution in [3.63, 3.8) is 0 Å². The molecule has 0 saturated carbocycles. The molecule has 1 fully saturated rings. The Kier molecular flexibility index (Phi) is 3.61. The molecular weight excluding hydrogens is 302 g/mol. The van der Waals surface area contributed by atoms with E-state index in [0.29, 0.717) is 9.23 Å². The maximum atomic E-state index is 12.2. The van der Waals surface area contributed by atoms with E-state index in [1.807, 2.05) is 12.2 Å². The SMILES string of the molecule is CCN1/C(=C2\SC(=S)N(N)C2=O)C=Cc2cc(C)ccc21. The molecule has 3 rings (SSSR count). The molecule has 1 aromatic rings. The summed E-state index contributed by atoms with van der Waals surface area (Å²) in [7, 11) is 0. The number of hydrogen-bond donors (Lipinski definition) is 1. The van der Waals surface area contributed by atoms with E-state index >= 15 is 0 Å². The van der Waals surface area contributed by atoms with Gasteiger partial charge in [-0.05, 0) is 37.6 Å². The number of likely N-dealkylation sites (N-methyl/N-ethyl adjacent to an activating group) is 1. The van der Waals surface area contributed by atoms with Crippen LogP contribution in [-0.4, -0.2) is 21.8 Å². The summed E-state index contributed by atoms with van der Waals surface area (Å²) < 4.78 is 0.390. The van der Waals surface area contributed by atoms with Gasteiger partial charge >= 0.3 is 0 Å².